The van der Waals surface area contributed by atoms with E-state index in [-0.39, 0.29) is 17.4 Å². The predicted octanol–water partition coefficient (Wildman–Crippen LogP) is 3.21. The van der Waals surface area contributed by atoms with E-state index in [1.54, 1.807) is 18.6 Å². The monoisotopic (exact) mass is 389 g/mol. The van der Waals surface area contributed by atoms with Gasteiger partial charge in [0.1, 0.15) is 11.9 Å². The lowest BCUT2D eigenvalue weighted by Crippen LogP contribution is -2.52. The number of phenolic OH excluding ortho intramolecular Hbond substituents is 1. The lowest BCUT2D eigenvalue weighted by molar-refractivity contribution is 0.0276. The molecule has 7 nitrogen and oxygen atoms in total. The summed E-state index contributed by atoms with van der Waals surface area (Å²) in [6.07, 6.45) is 11.7. The van der Waals surface area contributed by atoms with Gasteiger partial charge >= 0.3 is 0 Å². The van der Waals surface area contributed by atoms with E-state index < -0.39 is 0 Å². The van der Waals surface area contributed by atoms with Crippen LogP contribution < -0.4 is 4.74 Å². The van der Waals surface area contributed by atoms with Crippen LogP contribution in [-0.4, -0.2) is 54.5 Å². The number of aromatic hydroxyl groups is 1. The first-order valence-electron chi connectivity index (χ1n) is 9.76. The maximum Gasteiger partial charge on any atom is 0.233 e. The number of phenols is 1. The van der Waals surface area contributed by atoms with Crippen molar-refractivity contribution in [3.8, 4) is 28.6 Å². The molecule has 1 fully saturated rings. The van der Waals surface area contributed by atoms with Crippen LogP contribution in [0.15, 0.2) is 61.2 Å². The Morgan fingerprint density at radius 1 is 1.21 bits per heavy atom. The number of likely N-dealkylation sites (N-methyl/N-ethyl adjacent to an activating group) is 1. The van der Waals surface area contributed by atoms with Gasteiger partial charge < -0.3 is 14.4 Å². The van der Waals surface area contributed by atoms with Crippen molar-refractivity contribution >= 4 is 0 Å². The van der Waals surface area contributed by atoms with Crippen LogP contribution in [0.3, 0.4) is 0 Å². The SMILES string of the molecule is CN1[C@H]2C=C[C@]1(C)C[C@@H](Oc1ccc(-c3ccc(-n4ccnc4)cc3O)nn1)C2. The van der Waals surface area contributed by atoms with Crippen LogP contribution in [0, 0.1) is 0 Å². The van der Waals surface area contributed by atoms with Gasteiger partial charge in [-0.25, -0.2) is 4.98 Å². The summed E-state index contributed by atoms with van der Waals surface area (Å²) in [5, 5.41) is 19.0. The Morgan fingerprint density at radius 3 is 2.79 bits per heavy atom. The fraction of sp³-hybridized carbons (Fsp3) is 0.318. The molecule has 0 unspecified atom stereocenters. The Morgan fingerprint density at radius 2 is 2.10 bits per heavy atom. The molecule has 1 N–H and O–H groups in total. The highest BCUT2D eigenvalue weighted by Gasteiger charge is 2.44. The Balaban J connectivity index is 1.31. The van der Waals surface area contributed by atoms with Crippen LogP contribution in [0.5, 0.6) is 11.6 Å². The number of fused-ring (bicyclic) bond motifs is 2. The molecule has 1 aromatic carbocycles. The van der Waals surface area contributed by atoms with E-state index in [4.69, 9.17) is 4.74 Å². The van der Waals surface area contributed by atoms with Gasteiger partial charge in [-0.15, -0.1) is 10.2 Å². The summed E-state index contributed by atoms with van der Waals surface area (Å²) < 4.78 is 7.96. The first-order chi connectivity index (χ1) is 14.0. The van der Waals surface area contributed by atoms with Crippen molar-refractivity contribution in [2.24, 2.45) is 0 Å². The van der Waals surface area contributed by atoms with Crippen molar-refractivity contribution < 1.29 is 9.84 Å². The largest absolute Gasteiger partial charge is 0.507 e. The van der Waals surface area contributed by atoms with Gasteiger partial charge in [-0.05, 0) is 32.2 Å². The van der Waals surface area contributed by atoms with E-state index in [0.717, 1.165) is 18.5 Å². The zero-order chi connectivity index (χ0) is 20.0. The molecule has 0 aliphatic carbocycles. The number of benzene rings is 1. The lowest BCUT2D eigenvalue weighted by Gasteiger charge is -2.43. The fourth-order valence-electron chi connectivity index (χ4n) is 4.30. The van der Waals surface area contributed by atoms with Gasteiger partial charge in [0.15, 0.2) is 0 Å². The van der Waals surface area contributed by atoms with Gasteiger partial charge in [0, 0.05) is 54.5 Å². The highest BCUT2D eigenvalue weighted by Crippen LogP contribution is 2.39. The van der Waals surface area contributed by atoms with Gasteiger partial charge in [0.2, 0.25) is 5.88 Å². The van der Waals surface area contributed by atoms with E-state index in [0.29, 0.717) is 23.2 Å². The molecule has 2 bridgehead atoms. The number of aromatic nitrogens is 4. The summed E-state index contributed by atoms with van der Waals surface area (Å²) in [5.41, 5.74) is 2.10. The van der Waals surface area contributed by atoms with Crippen LogP contribution in [0.1, 0.15) is 19.8 Å². The summed E-state index contributed by atoms with van der Waals surface area (Å²) in [6.45, 7) is 2.24. The molecule has 0 spiro atoms. The van der Waals surface area contributed by atoms with Gasteiger partial charge in [0.25, 0.3) is 0 Å². The van der Waals surface area contributed by atoms with Crippen LogP contribution in [0.2, 0.25) is 0 Å². The Bertz CT molecular complexity index is 1050. The number of rotatable bonds is 4. The number of hydrogen-bond acceptors (Lipinski definition) is 6. The molecule has 0 saturated carbocycles. The molecule has 7 heteroatoms. The van der Waals surface area contributed by atoms with Crippen LogP contribution in [-0.2, 0) is 0 Å². The van der Waals surface area contributed by atoms with E-state index in [2.05, 4.69) is 46.2 Å². The molecular formula is C22H23N5O2. The Hall–Kier alpha value is -3.19. The minimum Gasteiger partial charge on any atom is -0.507 e. The zero-order valence-electron chi connectivity index (χ0n) is 16.4. The summed E-state index contributed by atoms with van der Waals surface area (Å²) >= 11 is 0. The molecule has 2 aliphatic heterocycles. The highest BCUT2D eigenvalue weighted by atomic mass is 16.5. The molecule has 2 aromatic heterocycles. The van der Waals surface area contributed by atoms with Gasteiger partial charge in [-0.1, -0.05) is 12.2 Å². The number of piperidine rings is 1. The molecule has 4 heterocycles. The smallest absolute Gasteiger partial charge is 0.233 e. The first-order valence-corrected chi connectivity index (χ1v) is 9.76. The van der Waals surface area contributed by atoms with E-state index in [1.165, 1.54) is 0 Å². The topological polar surface area (TPSA) is 76.3 Å². The van der Waals surface area contributed by atoms with Crippen LogP contribution in [0.4, 0.5) is 0 Å². The second kappa shape index (κ2) is 6.70. The normalized spacial score (nSPS) is 26.0. The molecule has 1 saturated heterocycles. The Labute approximate surface area is 169 Å². The molecule has 0 radical (unpaired) electrons. The standard InChI is InChI=1S/C22H23N5O2/c1-22-8-7-15(26(22)2)11-17(13-22)29-21-6-5-19(24-25-21)18-4-3-16(12-20(18)28)27-10-9-23-14-27/h3-10,12,14-15,17,28H,11,13H2,1-2H3/t15-,17-,22+/m0/s1. The minimum absolute atomic E-state index is 0.0454. The fourth-order valence-corrected chi connectivity index (χ4v) is 4.30. The third-order valence-electron chi connectivity index (χ3n) is 6.11. The number of imidazole rings is 1. The molecule has 0 amide bonds. The summed E-state index contributed by atoms with van der Waals surface area (Å²) in [7, 11) is 2.17. The maximum atomic E-state index is 10.4. The van der Waals surface area contributed by atoms with E-state index >= 15 is 0 Å². The minimum atomic E-state index is 0.0454. The third kappa shape index (κ3) is 3.17. The molecule has 3 atom stereocenters. The summed E-state index contributed by atoms with van der Waals surface area (Å²) in [6, 6.07) is 9.49. The van der Waals surface area contributed by atoms with E-state index in [1.807, 2.05) is 35.0 Å². The average Bonchev–Trinajstić information content (AvgIpc) is 3.29. The second-order valence-electron chi connectivity index (χ2n) is 8.00. The number of nitrogens with zero attached hydrogens (tertiary/aromatic N) is 5. The number of hydrogen-bond donors (Lipinski definition) is 1. The summed E-state index contributed by atoms with van der Waals surface area (Å²) in [5.74, 6) is 0.658. The first kappa shape index (κ1) is 17.9. The maximum absolute atomic E-state index is 10.4. The van der Waals surface area contributed by atoms with Gasteiger partial charge in [-0.2, -0.15) is 0 Å². The zero-order valence-corrected chi connectivity index (χ0v) is 16.4. The van der Waals surface area contributed by atoms with Crippen molar-refractivity contribution in [1.29, 1.82) is 0 Å². The summed E-state index contributed by atoms with van der Waals surface area (Å²) in [4.78, 5) is 6.43. The molecule has 148 valence electrons. The quantitative estimate of drug-likeness (QED) is 0.691. The van der Waals surface area contributed by atoms with Crippen LogP contribution in [0.25, 0.3) is 16.9 Å². The highest BCUT2D eigenvalue weighted by molar-refractivity contribution is 5.68. The van der Waals surface area contributed by atoms with Gasteiger partial charge in [-0.3, -0.25) is 4.90 Å². The third-order valence-corrected chi connectivity index (χ3v) is 6.11. The van der Waals surface area contributed by atoms with Crippen molar-refractivity contribution in [2.45, 2.75) is 37.5 Å². The van der Waals surface area contributed by atoms with Crippen molar-refractivity contribution in [3.05, 3.63) is 61.2 Å². The molecule has 5 rings (SSSR count). The van der Waals surface area contributed by atoms with E-state index in [9.17, 15) is 5.11 Å². The van der Waals surface area contributed by atoms with Crippen molar-refractivity contribution in [2.75, 3.05) is 7.05 Å². The molecular weight excluding hydrogens is 366 g/mol. The second-order valence-corrected chi connectivity index (χ2v) is 8.00. The number of ether oxygens (including phenoxy) is 1. The lowest BCUT2D eigenvalue weighted by atomic mass is 9.89. The van der Waals surface area contributed by atoms with Crippen LogP contribution >= 0.6 is 0 Å². The average molecular weight is 389 g/mol. The van der Waals surface area contributed by atoms with Gasteiger partial charge in [0.05, 0.1) is 17.7 Å². The molecule has 3 aromatic rings. The van der Waals surface area contributed by atoms with Crippen molar-refractivity contribution in [1.82, 2.24) is 24.6 Å². The molecule has 2 aliphatic rings. The van der Waals surface area contributed by atoms with Crippen molar-refractivity contribution in [3.63, 3.8) is 0 Å². The Kier molecular flexibility index (Phi) is 4.13. The molecule has 29 heavy (non-hydrogen) atoms. The predicted molar refractivity (Wildman–Crippen MR) is 109 cm³/mol.